The number of β-amino-alcohol motifs (C(OH)–C–C–N with tert-alkyl or cyclic N) is 1. The zero-order valence-electron chi connectivity index (χ0n) is 16.5. The first-order valence-corrected chi connectivity index (χ1v) is 9.74. The molecular formula is C22H25FN2O4. The minimum Gasteiger partial charge on any atom is -0.496 e. The smallest absolute Gasteiger partial charge is 0.318 e. The standard InChI is InChI=1S/C22H25FN2O4/c1-28-18-9-10-19(29-2)20-16(18)11-25(12-17(20)26)22(27)24-21(13-3-4-13)14-5-7-15(23)8-6-14/h5-10,13,17,21,26H,3-4,11-12H2,1-2H3,(H,24,27). The largest absolute Gasteiger partial charge is 0.496 e. The van der Waals surface area contributed by atoms with Gasteiger partial charge in [-0.05, 0) is 48.6 Å². The Labute approximate surface area is 169 Å². The van der Waals surface area contributed by atoms with Gasteiger partial charge in [-0.2, -0.15) is 0 Å². The minimum absolute atomic E-state index is 0.156. The van der Waals surface area contributed by atoms with Crippen LogP contribution in [0.25, 0.3) is 0 Å². The Balaban J connectivity index is 1.56. The number of halogens is 1. The Hall–Kier alpha value is -2.80. The fraction of sp³-hybridized carbons (Fsp3) is 0.409. The fourth-order valence-electron chi connectivity index (χ4n) is 4.03. The lowest BCUT2D eigenvalue weighted by molar-refractivity contribution is 0.0990. The Kier molecular flexibility index (Phi) is 5.32. The van der Waals surface area contributed by atoms with Gasteiger partial charge in [0.15, 0.2) is 0 Å². The molecule has 1 aliphatic heterocycles. The molecule has 2 aromatic rings. The molecule has 0 saturated heterocycles. The van der Waals surface area contributed by atoms with Crippen molar-refractivity contribution in [2.75, 3.05) is 20.8 Å². The number of hydrogen-bond donors (Lipinski definition) is 2. The van der Waals surface area contributed by atoms with E-state index in [4.69, 9.17) is 9.47 Å². The molecule has 2 aromatic carbocycles. The molecular weight excluding hydrogens is 375 g/mol. The second-order valence-corrected chi connectivity index (χ2v) is 7.57. The van der Waals surface area contributed by atoms with E-state index >= 15 is 0 Å². The van der Waals surface area contributed by atoms with Crippen LogP contribution in [-0.2, 0) is 6.54 Å². The molecule has 1 aliphatic carbocycles. The number of fused-ring (bicyclic) bond motifs is 1. The molecule has 7 heteroatoms. The van der Waals surface area contributed by atoms with Crippen LogP contribution in [0, 0.1) is 11.7 Å². The number of aliphatic hydroxyl groups is 1. The molecule has 29 heavy (non-hydrogen) atoms. The zero-order valence-corrected chi connectivity index (χ0v) is 16.5. The number of urea groups is 1. The highest BCUT2D eigenvalue weighted by Crippen LogP contribution is 2.42. The summed E-state index contributed by atoms with van der Waals surface area (Å²) in [6.45, 7) is 0.461. The molecule has 1 fully saturated rings. The number of nitrogens with one attached hydrogen (secondary N) is 1. The summed E-state index contributed by atoms with van der Waals surface area (Å²) in [5, 5.41) is 13.8. The third-order valence-corrected chi connectivity index (χ3v) is 5.68. The van der Waals surface area contributed by atoms with E-state index in [-0.39, 0.29) is 24.4 Å². The highest BCUT2D eigenvalue weighted by molar-refractivity contribution is 5.76. The molecule has 2 atom stereocenters. The van der Waals surface area contributed by atoms with E-state index in [1.54, 1.807) is 43.4 Å². The molecule has 0 radical (unpaired) electrons. The quantitative estimate of drug-likeness (QED) is 0.805. The lowest BCUT2D eigenvalue weighted by Crippen LogP contribution is -2.45. The molecule has 0 spiro atoms. The number of rotatable bonds is 5. The highest BCUT2D eigenvalue weighted by Gasteiger charge is 2.37. The number of amides is 2. The maximum absolute atomic E-state index is 13.3. The van der Waals surface area contributed by atoms with E-state index in [2.05, 4.69) is 5.32 Å². The van der Waals surface area contributed by atoms with Crippen molar-refractivity contribution in [1.82, 2.24) is 10.2 Å². The molecule has 2 unspecified atom stereocenters. The number of carbonyl (C=O) groups excluding carboxylic acids is 1. The molecule has 2 aliphatic rings. The van der Waals surface area contributed by atoms with E-state index < -0.39 is 6.10 Å². The fourth-order valence-corrected chi connectivity index (χ4v) is 4.03. The monoisotopic (exact) mass is 400 g/mol. The number of methoxy groups -OCH3 is 2. The van der Waals surface area contributed by atoms with Gasteiger partial charge < -0.3 is 24.8 Å². The normalized spacial score (nSPS) is 19.3. The lowest BCUT2D eigenvalue weighted by atomic mass is 9.95. The van der Waals surface area contributed by atoms with Crippen LogP contribution in [0.15, 0.2) is 36.4 Å². The van der Waals surface area contributed by atoms with Crippen LogP contribution in [0.4, 0.5) is 9.18 Å². The Morgan fingerprint density at radius 2 is 1.79 bits per heavy atom. The summed E-state index contributed by atoms with van der Waals surface area (Å²) in [4.78, 5) is 14.6. The molecule has 154 valence electrons. The zero-order chi connectivity index (χ0) is 20.5. The summed E-state index contributed by atoms with van der Waals surface area (Å²) >= 11 is 0. The van der Waals surface area contributed by atoms with Crippen LogP contribution < -0.4 is 14.8 Å². The van der Waals surface area contributed by atoms with Crippen molar-refractivity contribution in [2.24, 2.45) is 5.92 Å². The average molecular weight is 400 g/mol. The Morgan fingerprint density at radius 3 is 2.41 bits per heavy atom. The van der Waals surface area contributed by atoms with Gasteiger partial charge in [-0.3, -0.25) is 0 Å². The summed E-state index contributed by atoms with van der Waals surface area (Å²) < 4.78 is 24.1. The number of hydrogen-bond acceptors (Lipinski definition) is 4. The van der Waals surface area contributed by atoms with Crippen LogP contribution in [0.5, 0.6) is 11.5 Å². The third-order valence-electron chi connectivity index (χ3n) is 5.68. The summed E-state index contributed by atoms with van der Waals surface area (Å²) in [7, 11) is 3.11. The Bertz CT molecular complexity index is 898. The van der Waals surface area contributed by atoms with Crippen molar-refractivity contribution >= 4 is 6.03 Å². The number of ether oxygens (including phenoxy) is 2. The molecule has 2 amide bonds. The predicted molar refractivity (Wildman–Crippen MR) is 105 cm³/mol. The summed E-state index contributed by atoms with van der Waals surface area (Å²) in [6.07, 6.45) is 1.18. The number of aliphatic hydroxyl groups excluding tert-OH is 1. The molecule has 6 nitrogen and oxygen atoms in total. The summed E-state index contributed by atoms with van der Waals surface area (Å²) in [6, 6.07) is 9.35. The van der Waals surface area contributed by atoms with Gasteiger partial charge in [-0.15, -0.1) is 0 Å². The second kappa shape index (κ2) is 7.91. The van der Waals surface area contributed by atoms with Crippen LogP contribution in [0.3, 0.4) is 0 Å². The van der Waals surface area contributed by atoms with Crippen LogP contribution in [0.1, 0.15) is 41.7 Å². The van der Waals surface area contributed by atoms with Crippen molar-refractivity contribution < 1.29 is 23.8 Å². The predicted octanol–water partition coefficient (Wildman–Crippen LogP) is 3.55. The lowest BCUT2D eigenvalue weighted by Gasteiger charge is -2.35. The second-order valence-electron chi connectivity index (χ2n) is 7.57. The van der Waals surface area contributed by atoms with E-state index in [1.165, 1.54) is 12.1 Å². The van der Waals surface area contributed by atoms with Gasteiger partial charge in [-0.25, -0.2) is 9.18 Å². The molecule has 0 bridgehead atoms. The van der Waals surface area contributed by atoms with E-state index in [0.29, 0.717) is 29.5 Å². The van der Waals surface area contributed by atoms with Crippen LogP contribution >= 0.6 is 0 Å². The summed E-state index contributed by atoms with van der Waals surface area (Å²) in [5.41, 5.74) is 2.29. The SMILES string of the molecule is COc1ccc(OC)c2c1CN(C(=O)NC(c1ccc(F)cc1)C1CC1)CC2O. The van der Waals surface area contributed by atoms with Crippen LogP contribution in [-0.4, -0.2) is 36.8 Å². The van der Waals surface area contributed by atoms with E-state index in [9.17, 15) is 14.3 Å². The van der Waals surface area contributed by atoms with Crippen molar-refractivity contribution in [3.8, 4) is 11.5 Å². The molecule has 2 N–H and O–H groups in total. The van der Waals surface area contributed by atoms with Gasteiger partial charge in [0.05, 0.1) is 33.4 Å². The first kappa shape index (κ1) is 19.5. The van der Waals surface area contributed by atoms with Crippen molar-refractivity contribution in [3.63, 3.8) is 0 Å². The van der Waals surface area contributed by atoms with Gasteiger partial charge in [0.1, 0.15) is 23.4 Å². The van der Waals surface area contributed by atoms with Gasteiger partial charge in [0.25, 0.3) is 0 Å². The number of benzene rings is 2. The van der Waals surface area contributed by atoms with E-state index in [1.807, 2.05) is 0 Å². The van der Waals surface area contributed by atoms with E-state index in [0.717, 1.165) is 24.0 Å². The molecule has 0 aromatic heterocycles. The van der Waals surface area contributed by atoms with Crippen molar-refractivity contribution in [3.05, 3.63) is 58.9 Å². The maximum Gasteiger partial charge on any atom is 0.318 e. The van der Waals surface area contributed by atoms with Gasteiger partial charge in [0, 0.05) is 11.1 Å². The van der Waals surface area contributed by atoms with Gasteiger partial charge in [0.2, 0.25) is 0 Å². The molecule has 1 heterocycles. The highest BCUT2D eigenvalue weighted by atomic mass is 19.1. The maximum atomic E-state index is 13.3. The minimum atomic E-state index is -0.875. The number of carbonyl (C=O) groups is 1. The van der Waals surface area contributed by atoms with Gasteiger partial charge in [-0.1, -0.05) is 12.1 Å². The van der Waals surface area contributed by atoms with Crippen molar-refractivity contribution in [1.29, 1.82) is 0 Å². The summed E-state index contributed by atoms with van der Waals surface area (Å²) in [5.74, 6) is 1.23. The topological polar surface area (TPSA) is 71.0 Å². The average Bonchev–Trinajstić information content (AvgIpc) is 3.56. The Morgan fingerprint density at radius 1 is 1.14 bits per heavy atom. The van der Waals surface area contributed by atoms with Crippen molar-refractivity contribution in [2.45, 2.75) is 31.5 Å². The molecule has 4 rings (SSSR count). The third kappa shape index (κ3) is 3.87. The first-order valence-electron chi connectivity index (χ1n) is 9.74. The van der Waals surface area contributed by atoms with Crippen LogP contribution in [0.2, 0.25) is 0 Å². The van der Waals surface area contributed by atoms with Gasteiger partial charge >= 0.3 is 6.03 Å². The number of nitrogens with zero attached hydrogens (tertiary/aromatic N) is 1. The first-order chi connectivity index (χ1) is 14.0. The molecule has 1 saturated carbocycles.